The smallest absolute Gasteiger partial charge is 0.261 e. The maximum absolute atomic E-state index is 13.9. The molecule has 0 aromatic carbocycles. The molecule has 0 bridgehead atoms. The zero-order valence-corrected chi connectivity index (χ0v) is 20.1. The van der Waals surface area contributed by atoms with Crippen LogP contribution in [0.25, 0.3) is 11.4 Å². The van der Waals surface area contributed by atoms with Crippen LogP contribution in [0, 0.1) is 11.8 Å². The highest BCUT2D eigenvalue weighted by molar-refractivity contribution is 6.29. The quantitative estimate of drug-likeness (QED) is 0.425. The number of hydrogen-bond acceptors (Lipinski definition) is 4. The number of carbonyl (C=O) groups excluding carboxylic acids is 2. The minimum Gasteiger partial charge on any atom is -0.463 e. The van der Waals surface area contributed by atoms with Crippen molar-refractivity contribution in [3.8, 4) is 0 Å². The molecule has 2 unspecified atom stereocenters. The van der Waals surface area contributed by atoms with Gasteiger partial charge in [0.1, 0.15) is 11.4 Å². The third kappa shape index (κ3) is 4.19. The normalized spacial score (nSPS) is 18.1. The fourth-order valence-electron chi connectivity index (χ4n) is 4.70. The molecular weight excluding hydrogens is 416 g/mol. The van der Waals surface area contributed by atoms with Gasteiger partial charge in [-0.1, -0.05) is 53.4 Å². The minimum atomic E-state index is -0.152. The van der Waals surface area contributed by atoms with Crippen molar-refractivity contribution in [2.75, 3.05) is 13.1 Å². The first-order valence-corrected chi connectivity index (χ1v) is 12.2. The van der Waals surface area contributed by atoms with Crippen LogP contribution in [0.4, 0.5) is 0 Å². The number of fused-ring (bicyclic) bond motifs is 1. The van der Waals surface area contributed by atoms with Gasteiger partial charge in [0.2, 0.25) is 0 Å². The Bertz CT molecular complexity index is 1050. The third-order valence-electron chi connectivity index (χ3n) is 6.87. The van der Waals surface area contributed by atoms with Crippen LogP contribution < -0.4 is 0 Å². The molecule has 2 aromatic rings. The first-order valence-electron chi connectivity index (χ1n) is 12.2. The summed E-state index contributed by atoms with van der Waals surface area (Å²) in [7, 11) is 0. The topological polar surface area (TPSA) is 66.9 Å². The molecule has 0 saturated heterocycles. The highest BCUT2D eigenvalue weighted by Gasteiger charge is 2.50. The first-order chi connectivity index (χ1) is 16.0. The van der Waals surface area contributed by atoms with Crippen molar-refractivity contribution in [1.82, 2.24) is 9.80 Å². The first kappa shape index (κ1) is 23.1. The molecule has 33 heavy (non-hydrogen) atoms. The molecule has 4 heterocycles. The second kappa shape index (κ2) is 9.86. The lowest BCUT2D eigenvalue weighted by Crippen LogP contribution is -2.34. The fraction of sp³-hybridized carbons (Fsp3) is 0.481. The maximum atomic E-state index is 13.9. The van der Waals surface area contributed by atoms with E-state index in [9.17, 15) is 9.59 Å². The van der Waals surface area contributed by atoms with Gasteiger partial charge in [-0.2, -0.15) is 0 Å². The molecule has 0 saturated carbocycles. The second-order valence-electron chi connectivity index (χ2n) is 9.16. The van der Waals surface area contributed by atoms with Crippen LogP contribution in [0.5, 0.6) is 0 Å². The number of rotatable bonds is 11. The number of nitrogens with zero attached hydrogens (tertiary/aromatic N) is 2. The van der Waals surface area contributed by atoms with E-state index >= 15 is 0 Å². The largest absolute Gasteiger partial charge is 0.463 e. The van der Waals surface area contributed by atoms with Crippen LogP contribution >= 0.6 is 0 Å². The Morgan fingerprint density at radius 2 is 1.36 bits per heavy atom. The predicted octanol–water partition coefficient (Wildman–Crippen LogP) is 5.94. The van der Waals surface area contributed by atoms with Crippen molar-refractivity contribution >= 4 is 23.2 Å². The van der Waals surface area contributed by atoms with Gasteiger partial charge >= 0.3 is 0 Å². The zero-order chi connectivity index (χ0) is 23.5. The molecular formula is C27H34N2O4. The van der Waals surface area contributed by atoms with Crippen molar-refractivity contribution in [3.05, 3.63) is 59.5 Å². The molecule has 2 atom stereocenters. The Morgan fingerprint density at radius 1 is 0.818 bits per heavy atom. The SMILES string of the molecule is CCCCC(CC)CN1C(=O)C2=C(c3ccco3)N(CC(C)CC)C(=O)C2=C1c1ccco1. The number of carbonyl (C=O) groups is 2. The molecule has 0 radical (unpaired) electrons. The number of unbranched alkanes of at least 4 members (excludes halogenated alkanes) is 1. The van der Waals surface area contributed by atoms with E-state index in [0.717, 1.165) is 32.1 Å². The van der Waals surface area contributed by atoms with Gasteiger partial charge < -0.3 is 18.6 Å². The van der Waals surface area contributed by atoms with Crippen LogP contribution in [0.1, 0.15) is 71.3 Å². The molecule has 0 aliphatic carbocycles. The molecule has 6 heteroatoms. The summed E-state index contributed by atoms with van der Waals surface area (Å²) >= 11 is 0. The predicted molar refractivity (Wildman–Crippen MR) is 127 cm³/mol. The van der Waals surface area contributed by atoms with Gasteiger partial charge in [-0.25, -0.2) is 0 Å². The summed E-state index contributed by atoms with van der Waals surface area (Å²) in [6.07, 6.45) is 8.37. The van der Waals surface area contributed by atoms with E-state index in [1.54, 1.807) is 34.5 Å². The van der Waals surface area contributed by atoms with Gasteiger partial charge in [-0.05, 0) is 42.5 Å². The summed E-state index contributed by atoms with van der Waals surface area (Å²) in [5.74, 6) is 1.45. The van der Waals surface area contributed by atoms with Crippen LogP contribution in [0.15, 0.2) is 56.8 Å². The number of furan rings is 2. The van der Waals surface area contributed by atoms with Crippen LogP contribution in [0.2, 0.25) is 0 Å². The lowest BCUT2D eigenvalue weighted by molar-refractivity contribution is -0.124. The minimum absolute atomic E-state index is 0.141. The molecule has 2 amide bonds. The van der Waals surface area contributed by atoms with Gasteiger partial charge in [-0.3, -0.25) is 9.59 Å². The standard InChI is InChI=1S/C27H34N2O4/c1-5-8-11-19(7-3)17-29-25(21-13-10-15-33-21)23-22(27(29)31)24(20-12-9-14-32-20)28(26(23)30)16-18(4)6-2/h9-10,12-15,18-19H,5-8,11,16-17H2,1-4H3. The molecule has 6 nitrogen and oxygen atoms in total. The molecule has 4 rings (SSSR count). The Morgan fingerprint density at radius 3 is 1.79 bits per heavy atom. The average molecular weight is 451 g/mol. The van der Waals surface area contributed by atoms with Crippen molar-refractivity contribution in [2.45, 2.75) is 59.8 Å². The highest BCUT2D eigenvalue weighted by Crippen LogP contribution is 2.47. The van der Waals surface area contributed by atoms with Gasteiger partial charge in [0.05, 0.1) is 23.7 Å². The summed E-state index contributed by atoms with van der Waals surface area (Å²) in [6.45, 7) is 9.66. The lowest BCUT2D eigenvalue weighted by atomic mass is 9.98. The van der Waals surface area contributed by atoms with E-state index in [-0.39, 0.29) is 17.7 Å². The summed E-state index contributed by atoms with van der Waals surface area (Å²) < 4.78 is 11.5. The summed E-state index contributed by atoms with van der Waals surface area (Å²) in [4.78, 5) is 31.3. The molecule has 0 spiro atoms. The van der Waals surface area contributed by atoms with E-state index in [4.69, 9.17) is 8.83 Å². The summed E-state index contributed by atoms with van der Waals surface area (Å²) in [6, 6.07) is 7.24. The highest BCUT2D eigenvalue weighted by atomic mass is 16.3. The maximum Gasteiger partial charge on any atom is 0.261 e. The van der Waals surface area contributed by atoms with E-state index in [1.807, 2.05) is 12.1 Å². The molecule has 2 aliphatic heterocycles. The van der Waals surface area contributed by atoms with Crippen LogP contribution in [-0.2, 0) is 9.59 Å². The molecule has 176 valence electrons. The average Bonchev–Trinajstić information content (AvgIpc) is 3.61. The second-order valence-corrected chi connectivity index (χ2v) is 9.16. The van der Waals surface area contributed by atoms with E-state index < -0.39 is 0 Å². The van der Waals surface area contributed by atoms with Crippen LogP contribution in [0.3, 0.4) is 0 Å². The van der Waals surface area contributed by atoms with E-state index in [2.05, 4.69) is 27.7 Å². The lowest BCUT2D eigenvalue weighted by Gasteiger charge is -2.27. The summed E-state index contributed by atoms with van der Waals surface area (Å²) in [5, 5.41) is 0. The van der Waals surface area contributed by atoms with Crippen molar-refractivity contribution < 1.29 is 18.4 Å². The van der Waals surface area contributed by atoms with Crippen molar-refractivity contribution in [1.29, 1.82) is 0 Å². The number of amides is 2. The van der Waals surface area contributed by atoms with Crippen LogP contribution in [-0.4, -0.2) is 34.7 Å². The molecule has 0 fully saturated rings. The monoisotopic (exact) mass is 450 g/mol. The van der Waals surface area contributed by atoms with Gasteiger partial charge in [-0.15, -0.1) is 0 Å². The Hall–Kier alpha value is -3.02. The van der Waals surface area contributed by atoms with Gasteiger partial charge in [0, 0.05) is 13.1 Å². The molecule has 0 N–H and O–H groups in total. The molecule has 2 aliphatic rings. The molecule has 2 aromatic heterocycles. The van der Waals surface area contributed by atoms with E-state index in [1.165, 1.54) is 0 Å². The van der Waals surface area contributed by atoms with Gasteiger partial charge in [0.25, 0.3) is 11.8 Å². The Balaban J connectivity index is 1.85. The zero-order valence-electron chi connectivity index (χ0n) is 20.1. The summed E-state index contributed by atoms with van der Waals surface area (Å²) in [5.41, 5.74) is 2.05. The number of hydrogen-bond donors (Lipinski definition) is 0. The Labute approximate surface area is 195 Å². The van der Waals surface area contributed by atoms with Crippen molar-refractivity contribution in [2.24, 2.45) is 11.8 Å². The third-order valence-corrected chi connectivity index (χ3v) is 6.87. The fourth-order valence-corrected chi connectivity index (χ4v) is 4.70. The van der Waals surface area contributed by atoms with E-state index in [0.29, 0.717) is 53.1 Å². The van der Waals surface area contributed by atoms with Gasteiger partial charge in [0.15, 0.2) is 11.5 Å². The Kier molecular flexibility index (Phi) is 6.91. The van der Waals surface area contributed by atoms with Crippen molar-refractivity contribution in [3.63, 3.8) is 0 Å².